The molecule has 0 spiro atoms. The fourth-order valence-corrected chi connectivity index (χ4v) is 4.14. The van der Waals surface area contributed by atoms with Crippen LogP contribution in [0.15, 0.2) is 83.3 Å². The standard InChI is InChI=1S/C25H19BrN4O/c1-2-16-9-12-18(13-10-16)30-28-23-14-11-17(15-24(23)29-30)27-25(31)21-7-3-6-20-19(21)5-4-8-22(20)26/h3-15H,2H2,1H3,(H,27,31). The maximum absolute atomic E-state index is 13.0. The number of rotatable bonds is 4. The zero-order valence-corrected chi connectivity index (χ0v) is 18.4. The van der Waals surface area contributed by atoms with Crippen LogP contribution >= 0.6 is 15.9 Å². The number of hydrogen-bond acceptors (Lipinski definition) is 3. The van der Waals surface area contributed by atoms with Gasteiger partial charge in [0.05, 0.1) is 5.69 Å². The summed E-state index contributed by atoms with van der Waals surface area (Å²) in [7, 11) is 0. The van der Waals surface area contributed by atoms with Crippen LogP contribution in [0.25, 0.3) is 27.5 Å². The molecule has 5 nitrogen and oxygen atoms in total. The molecule has 5 rings (SSSR count). The van der Waals surface area contributed by atoms with Crippen molar-refractivity contribution < 1.29 is 4.79 Å². The van der Waals surface area contributed by atoms with Gasteiger partial charge >= 0.3 is 0 Å². The Morgan fingerprint density at radius 1 is 0.903 bits per heavy atom. The molecule has 0 atom stereocenters. The molecule has 0 radical (unpaired) electrons. The van der Waals surface area contributed by atoms with Crippen LogP contribution in [0.4, 0.5) is 5.69 Å². The van der Waals surface area contributed by atoms with Gasteiger partial charge in [-0.1, -0.05) is 59.3 Å². The molecule has 0 aliphatic rings. The zero-order valence-electron chi connectivity index (χ0n) is 16.8. The predicted octanol–water partition coefficient (Wildman–Crippen LogP) is 6.15. The van der Waals surface area contributed by atoms with Gasteiger partial charge in [0.25, 0.3) is 5.91 Å². The maximum Gasteiger partial charge on any atom is 0.256 e. The number of carbonyl (C=O) groups is 1. The minimum atomic E-state index is -0.161. The summed E-state index contributed by atoms with van der Waals surface area (Å²) in [5.74, 6) is -0.161. The van der Waals surface area contributed by atoms with Crippen LogP contribution in [0, 0.1) is 0 Å². The quantitative estimate of drug-likeness (QED) is 0.342. The number of amides is 1. The number of hydrogen-bond donors (Lipinski definition) is 1. The van der Waals surface area contributed by atoms with Crippen LogP contribution in [0.1, 0.15) is 22.8 Å². The fourth-order valence-electron chi connectivity index (χ4n) is 3.64. The van der Waals surface area contributed by atoms with Crippen molar-refractivity contribution in [2.75, 3.05) is 5.32 Å². The van der Waals surface area contributed by atoms with Crippen molar-refractivity contribution in [2.24, 2.45) is 0 Å². The Bertz CT molecular complexity index is 1420. The summed E-state index contributed by atoms with van der Waals surface area (Å²) in [4.78, 5) is 14.6. The maximum atomic E-state index is 13.0. The summed E-state index contributed by atoms with van der Waals surface area (Å²) in [5.41, 5.74) is 4.97. The Hall–Kier alpha value is -3.51. The lowest BCUT2D eigenvalue weighted by Crippen LogP contribution is -2.12. The molecule has 1 N–H and O–H groups in total. The van der Waals surface area contributed by atoms with E-state index < -0.39 is 0 Å². The second kappa shape index (κ2) is 7.96. The van der Waals surface area contributed by atoms with Crippen molar-refractivity contribution in [3.63, 3.8) is 0 Å². The van der Waals surface area contributed by atoms with E-state index in [4.69, 9.17) is 0 Å². The van der Waals surface area contributed by atoms with Crippen molar-refractivity contribution in [3.05, 3.63) is 94.5 Å². The lowest BCUT2D eigenvalue weighted by Gasteiger charge is -2.09. The molecule has 0 aliphatic heterocycles. The van der Waals surface area contributed by atoms with Crippen LogP contribution in [0.3, 0.4) is 0 Å². The van der Waals surface area contributed by atoms with Gasteiger partial charge in [-0.3, -0.25) is 4.79 Å². The Kier molecular flexibility index (Phi) is 5.00. The van der Waals surface area contributed by atoms with Gasteiger partial charge in [-0.2, -0.15) is 4.80 Å². The van der Waals surface area contributed by atoms with E-state index in [1.165, 1.54) is 5.56 Å². The second-order valence-electron chi connectivity index (χ2n) is 7.31. The molecule has 1 heterocycles. The molecule has 1 amide bonds. The normalized spacial score (nSPS) is 11.2. The van der Waals surface area contributed by atoms with Crippen molar-refractivity contribution in [3.8, 4) is 5.69 Å². The summed E-state index contributed by atoms with van der Waals surface area (Å²) >= 11 is 3.55. The van der Waals surface area contributed by atoms with E-state index in [1.54, 1.807) is 4.80 Å². The van der Waals surface area contributed by atoms with Crippen LogP contribution < -0.4 is 5.32 Å². The number of fused-ring (bicyclic) bond motifs is 2. The van der Waals surface area contributed by atoms with Gasteiger partial charge < -0.3 is 5.32 Å². The number of anilines is 1. The predicted molar refractivity (Wildman–Crippen MR) is 128 cm³/mol. The Morgan fingerprint density at radius 2 is 1.65 bits per heavy atom. The number of aromatic nitrogens is 3. The molecule has 0 saturated carbocycles. The minimum absolute atomic E-state index is 0.161. The monoisotopic (exact) mass is 470 g/mol. The first kappa shape index (κ1) is 19.5. The average Bonchev–Trinajstić information content (AvgIpc) is 3.22. The molecule has 0 unspecified atom stereocenters. The first-order valence-corrected chi connectivity index (χ1v) is 10.9. The largest absolute Gasteiger partial charge is 0.322 e. The highest BCUT2D eigenvalue weighted by Gasteiger charge is 2.13. The Balaban J connectivity index is 1.44. The van der Waals surface area contributed by atoms with E-state index in [9.17, 15) is 4.79 Å². The van der Waals surface area contributed by atoms with Crippen LogP contribution in [-0.2, 0) is 6.42 Å². The molecule has 6 heteroatoms. The average molecular weight is 471 g/mol. The van der Waals surface area contributed by atoms with E-state index in [0.29, 0.717) is 11.3 Å². The molecule has 5 aromatic rings. The van der Waals surface area contributed by atoms with Crippen molar-refractivity contribution in [2.45, 2.75) is 13.3 Å². The van der Waals surface area contributed by atoms with Gasteiger partial charge in [-0.15, -0.1) is 10.2 Å². The summed E-state index contributed by atoms with van der Waals surface area (Å²) in [6.45, 7) is 2.13. The first-order valence-electron chi connectivity index (χ1n) is 10.1. The molecular formula is C25H19BrN4O. The third-order valence-electron chi connectivity index (χ3n) is 5.33. The van der Waals surface area contributed by atoms with Gasteiger partial charge in [0.15, 0.2) is 0 Å². The smallest absolute Gasteiger partial charge is 0.256 e. The lowest BCUT2D eigenvalue weighted by molar-refractivity contribution is 0.102. The number of halogens is 1. The molecule has 0 fully saturated rings. The van der Waals surface area contributed by atoms with Crippen molar-refractivity contribution >= 4 is 49.3 Å². The van der Waals surface area contributed by atoms with Crippen molar-refractivity contribution in [1.82, 2.24) is 15.0 Å². The third kappa shape index (κ3) is 3.70. The summed E-state index contributed by atoms with van der Waals surface area (Å²) < 4.78 is 0.963. The number of nitrogens with zero attached hydrogens (tertiary/aromatic N) is 3. The number of nitrogens with one attached hydrogen (secondary N) is 1. The zero-order chi connectivity index (χ0) is 21.4. The summed E-state index contributed by atoms with van der Waals surface area (Å²) in [5, 5.41) is 14.0. The highest BCUT2D eigenvalue weighted by Crippen LogP contribution is 2.27. The Morgan fingerprint density at radius 3 is 2.45 bits per heavy atom. The number of aryl methyl sites for hydroxylation is 1. The molecular weight excluding hydrogens is 452 g/mol. The van der Waals surface area contributed by atoms with E-state index in [0.717, 1.165) is 38.4 Å². The van der Waals surface area contributed by atoms with Crippen molar-refractivity contribution in [1.29, 1.82) is 0 Å². The van der Waals surface area contributed by atoms with Crippen LogP contribution in [0.5, 0.6) is 0 Å². The highest BCUT2D eigenvalue weighted by molar-refractivity contribution is 9.10. The molecule has 0 bridgehead atoms. The van der Waals surface area contributed by atoms with E-state index in [2.05, 4.69) is 50.5 Å². The topological polar surface area (TPSA) is 59.8 Å². The molecule has 1 aromatic heterocycles. The van der Waals surface area contributed by atoms with E-state index >= 15 is 0 Å². The SMILES string of the molecule is CCc1ccc(-n2nc3ccc(NC(=O)c4cccc5c(Br)cccc45)cc3n2)cc1. The van der Waals surface area contributed by atoms with Gasteiger partial charge in [0, 0.05) is 15.7 Å². The first-order chi connectivity index (χ1) is 15.1. The van der Waals surface area contributed by atoms with Crippen LogP contribution in [0.2, 0.25) is 0 Å². The summed E-state index contributed by atoms with van der Waals surface area (Å²) in [6.07, 6.45) is 0.992. The second-order valence-corrected chi connectivity index (χ2v) is 8.16. The molecule has 4 aromatic carbocycles. The lowest BCUT2D eigenvalue weighted by atomic mass is 10.0. The van der Waals surface area contributed by atoms with Gasteiger partial charge in [0.1, 0.15) is 11.0 Å². The molecule has 0 saturated heterocycles. The van der Waals surface area contributed by atoms with E-state index in [1.807, 2.05) is 66.7 Å². The molecule has 31 heavy (non-hydrogen) atoms. The molecule has 0 aliphatic carbocycles. The number of benzene rings is 4. The van der Waals surface area contributed by atoms with E-state index in [-0.39, 0.29) is 5.91 Å². The van der Waals surface area contributed by atoms with Crippen LogP contribution in [-0.4, -0.2) is 20.9 Å². The highest BCUT2D eigenvalue weighted by atomic mass is 79.9. The van der Waals surface area contributed by atoms with Gasteiger partial charge in [-0.05, 0) is 65.2 Å². The van der Waals surface area contributed by atoms with Gasteiger partial charge in [-0.25, -0.2) is 0 Å². The molecule has 152 valence electrons. The van der Waals surface area contributed by atoms with Gasteiger partial charge in [0.2, 0.25) is 0 Å². The minimum Gasteiger partial charge on any atom is -0.322 e. The third-order valence-corrected chi connectivity index (χ3v) is 6.02. The fraction of sp³-hybridized carbons (Fsp3) is 0.0800. The number of carbonyl (C=O) groups excluding carboxylic acids is 1. The Labute approximate surface area is 187 Å². The summed E-state index contributed by atoms with van der Waals surface area (Å²) in [6, 6.07) is 25.3.